The number of nitrogens with two attached hydrogens (primary N) is 2. The number of primary amides is 1. The molecule has 0 aliphatic carbocycles. The first kappa shape index (κ1) is 11.5. The lowest BCUT2D eigenvalue weighted by Gasteiger charge is -2.13. The van der Waals surface area contributed by atoms with Gasteiger partial charge in [-0.2, -0.15) is 0 Å². The highest BCUT2D eigenvalue weighted by atomic mass is 16.5. The van der Waals surface area contributed by atoms with E-state index in [0.717, 1.165) is 16.9 Å². The Morgan fingerprint density at radius 3 is 2.73 bits per heavy atom. The van der Waals surface area contributed by atoms with Crippen molar-refractivity contribution in [1.82, 2.24) is 0 Å². The molecule has 0 bridgehead atoms. The molecular weight excluding hydrogens is 192 g/mol. The van der Waals surface area contributed by atoms with Gasteiger partial charge in [0.25, 0.3) is 0 Å². The number of amides is 1. The minimum Gasteiger partial charge on any atom is -0.491 e. The van der Waals surface area contributed by atoms with Crippen LogP contribution in [0, 0.1) is 13.8 Å². The zero-order chi connectivity index (χ0) is 11.4. The Morgan fingerprint density at radius 2 is 2.13 bits per heavy atom. The molecule has 0 saturated carbocycles. The fourth-order valence-corrected chi connectivity index (χ4v) is 1.14. The predicted molar refractivity (Wildman–Crippen MR) is 58.6 cm³/mol. The van der Waals surface area contributed by atoms with Crippen molar-refractivity contribution in [2.45, 2.75) is 19.9 Å². The van der Waals surface area contributed by atoms with Crippen LogP contribution in [-0.4, -0.2) is 18.6 Å². The third-order valence-electron chi connectivity index (χ3n) is 2.34. The standard InChI is InChI=1S/C11H16N2O2/c1-7-4-3-5-10(8(7)2)15-6-9(12)11(13)14/h3-5,9H,6,12H2,1-2H3,(H2,13,14). The van der Waals surface area contributed by atoms with Gasteiger partial charge >= 0.3 is 0 Å². The summed E-state index contributed by atoms with van der Waals surface area (Å²) in [6.45, 7) is 4.07. The average molecular weight is 208 g/mol. The molecular formula is C11H16N2O2. The first-order valence-corrected chi connectivity index (χ1v) is 4.76. The third kappa shape index (κ3) is 2.95. The highest BCUT2D eigenvalue weighted by Crippen LogP contribution is 2.20. The third-order valence-corrected chi connectivity index (χ3v) is 2.34. The van der Waals surface area contributed by atoms with Gasteiger partial charge in [0, 0.05) is 0 Å². The Balaban J connectivity index is 2.66. The molecule has 0 heterocycles. The van der Waals surface area contributed by atoms with E-state index >= 15 is 0 Å². The lowest BCUT2D eigenvalue weighted by molar-refractivity contribution is -0.119. The number of benzene rings is 1. The molecule has 0 fully saturated rings. The Morgan fingerprint density at radius 1 is 1.47 bits per heavy atom. The lowest BCUT2D eigenvalue weighted by atomic mass is 10.1. The fraction of sp³-hybridized carbons (Fsp3) is 0.364. The summed E-state index contributed by atoms with van der Waals surface area (Å²) in [7, 11) is 0. The van der Waals surface area contributed by atoms with Crippen molar-refractivity contribution < 1.29 is 9.53 Å². The molecule has 4 heteroatoms. The van der Waals surface area contributed by atoms with Crippen LogP contribution >= 0.6 is 0 Å². The first-order chi connectivity index (χ1) is 7.02. The molecule has 0 aliphatic rings. The van der Waals surface area contributed by atoms with Gasteiger partial charge < -0.3 is 16.2 Å². The zero-order valence-corrected chi connectivity index (χ0v) is 8.99. The molecule has 1 amide bonds. The Labute approximate surface area is 89.2 Å². The summed E-state index contributed by atoms with van der Waals surface area (Å²) in [5.41, 5.74) is 12.7. The highest BCUT2D eigenvalue weighted by molar-refractivity contribution is 5.79. The second kappa shape index (κ2) is 4.79. The van der Waals surface area contributed by atoms with Crippen molar-refractivity contribution in [2.75, 3.05) is 6.61 Å². The first-order valence-electron chi connectivity index (χ1n) is 4.76. The van der Waals surface area contributed by atoms with Crippen molar-refractivity contribution in [3.8, 4) is 5.75 Å². The molecule has 0 saturated heterocycles. The quantitative estimate of drug-likeness (QED) is 0.756. The largest absolute Gasteiger partial charge is 0.491 e. The van der Waals surface area contributed by atoms with Crippen molar-refractivity contribution in [1.29, 1.82) is 0 Å². The van der Waals surface area contributed by atoms with E-state index < -0.39 is 11.9 Å². The van der Waals surface area contributed by atoms with E-state index in [0.29, 0.717) is 0 Å². The second-order valence-electron chi connectivity index (χ2n) is 3.52. The zero-order valence-electron chi connectivity index (χ0n) is 8.99. The monoisotopic (exact) mass is 208 g/mol. The summed E-state index contributed by atoms with van der Waals surface area (Å²) in [5.74, 6) is 0.187. The van der Waals surface area contributed by atoms with Crippen LogP contribution in [-0.2, 0) is 4.79 Å². The van der Waals surface area contributed by atoms with Crippen LogP contribution in [0.25, 0.3) is 0 Å². The van der Waals surface area contributed by atoms with Gasteiger partial charge in [-0.05, 0) is 31.0 Å². The Bertz CT molecular complexity index is 364. The van der Waals surface area contributed by atoms with Crippen LogP contribution in [0.15, 0.2) is 18.2 Å². The molecule has 15 heavy (non-hydrogen) atoms. The summed E-state index contributed by atoms with van der Waals surface area (Å²) >= 11 is 0. The summed E-state index contributed by atoms with van der Waals surface area (Å²) in [5, 5.41) is 0. The van der Waals surface area contributed by atoms with Crippen LogP contribution < -0.4 is 16.2 Å². The molecule has 4 nitrogen and oxygen atoms in total. The van der Waals surface area contributed by atoms with Gasteiger partial charge in [0.05, 0.1) is 0 Å². The number of hydrogen-bond acceptors (Lipinski definition) is 3. The maximum Gasteiger partial charge on any atom is 0.237 e. The molecule has 0 radical (unpaired) electrons. The minimum absolute atomic E-state index is 0.111. The number of hydrogen-bond donors (Lipinski definition) is 2. The van der Waals surface area contributed by atoms with Crippen LogP contribution in [0.4, 0.5) is 0 Å². The molecule has 0 aliphatic heterocycles. The van der Waals surface area contributed by atoms with Crippen molar-refractivity contribution in [2.24, 2.45) is 11.5 Å². The molecule has 1 unspecified atom stereocenters. The van der Waals surface area contributed by atoms with E-state index in [2.05, 4.69) is 0 Å². The van der Waals surface area contributed by atoms with E-state index in [-0.39, 0.29) is 6.61 Å². The Hall–Kier alpha value is -1.55. The van der Waals surface area contributed by atoms with Gasteiger partial charge in [-0.3, -0.25) is 4.79 Å². The number of rotatable bonds is 4. The van der Waals surface area contributed by atoms with Crippen molar-refractivity contribution in [3.05, 3.63) is 29.3 Å². The summed E-state index contributed by atoms with van der Waals surface area (Å²) in [6, 6.07) is 4.98. The van der Waals surface area contributed by atoms with Gasteiger partial charge in [0.2, 0.25) is 5.91 Å². The van der Waals surface area contributed by atoms with Crippen LogP contribution in [0.2, 0.25) is 0 Å². The molecule has 1 atom stereocenters. The summed E-state index contributed by atoms with van der Waals surface area (Å²) in [4.78, 5) is 10.7. The van der Waals surface area contributed by atoms with E-state index in [9.17, 15) is 4.79 Å². The SMILES string of the molecule is Cc1cccc(OCC(N)C(N)=O)c1C. The van der Waals surface area contributed by atoms with Crippen LogP contribution in [0.5, 0.6) is 5.75 Å². The smallest absolute Gasteiger partial charge is 0.237 e. The summed E-state index contributed by atoms with van der Waals surface area (Å²) < 4.78 is 5.41. The van der Waals surface area contributed by atoms with Gasteiger partial charge in [-0.1, -0.05) is 12.1 Å². The normalized spacial score (nSPS) is 12.2. The molecule has 82 valence electrons. The van der Waals surface area contributed by atoms with E-state index in [1.165, 1.54) is 0 Å². The molecule has 4 N–H and O–H groups in total. The van der Waals surface area contributed by atoms with Crippen molar-refractivity contribution in [3.63, 3.8) is 0 Å². The van der Waals surface area contributed by atoms with Crippen LogP contribution in [0.1, 0.15) is 11.1 Å². The van der Waals surface area contributed by atoms with E-state index in [1.54, 1.807) is 0 Å². The van der Waals surface area contributed by atoms with Crippen LogP contribution in [0.3, 0.4) is 0 Å². The van der Waals surface area contributed by atoms with Crippen molar-refractivity contribution >= 4 is 5.91 Å². The number of carbonyl (C=O) groups is 1. The Kier molecular flexibility index (Phi) is 3.68. The minimum atomic E-state index is -0.759. The van der Waals surface area contributed by atoms with Gasteiger partial charge in [-0.25, -0.2) is 0 Å². The van der Waals surface area contributed by atoms with Gasteiger partial charge in [0.15, 0.2) is 0 Å². The molecule has 1 rings (SSSR count). The number of carbonyl (C=O) groups excluding carboxylic acids is 1. The fourth-order valence-electron chi connectivity index (χ4n) is 1.14. The van der Waals surface area contributed by atoms with E-state index in [1.807, 2.05) is 32.0 Å². The summed E-state index contributed by atoms with van der Waals surface area (Å²) in [6.07, 6.45) is 0. The predicted octanol–water partition coefficient (Wildman–Crippen LogP) is 0.495. The highest BCUT2D eigenvalue weighted by Gasteiger charge is 2.10. The number of aryl methyl sites for hydroxylation is 1. The maximum absolute atomic E-state index is 10.7. The maximum atomic E-state index is 10.7. The average Bonchev–Trinajstić information content (AvgIpc) is 2.19. The van der Waals surface area contributed by atoms with E-state index in [4.69, 9.17) is 16.2 Å². The second-order valence-corrected chi connectivity index (χ2v) is 3.52. The molecule has 1 aromatic carbocycles. The topological polar surface area (TPSA) is 78.3 Å². The van der Waals surface area contributed by atoms with Gasteiger partial charge in [-0.15, -0.1) is 0 Å². The van der Waals surface area contributed by atoms with Gasteiger partial charge in [0.1, 0.15) is 18.4 Å². The lowest BCUT2D eigenvalue weighted by Crippen LogP contribution is -2.41. The molecule has 0 aromatic heterocycles. The molecule has 1 aromatic rings. The molecule has 0 spiro atoms. The number of ether oxygens (including phenoxy) is 1.